The number of benzene rings is 2. The van der Waals surface area contributed by atoms with E-state index in [4.69, 9.17) is 4.74 Å². The molecule has 0 saturated carbocycles. The van der Waals surface area contributed by atoms with E-state index in [0.717, 1.165) is 30.7 Å². The van der Waals surface area contributed by atoms with E-state index in [1.54, 1.807) is 0 Å². The van der Waals surface area contributed by atoms with Gasteiger partial charge in [-0.05, 0) is 52.7 Å². The van der Waals surface area contributed by atoms with Gasteiger partial charge in [0.25, 0.3) is 5.91 Å². The number of hydrogen-bond donors (Lipinski definition) is 0. The summed E-state index contributed by atoms with van der Waals surface area (Å²) in [7, 11) is 0. The summed E-state index contributed by atoms with van der Waals surface area (Å²) >= 11 is 3.43. The molecule has 126 valence electrons. The van der Waals surface area contributed by atoms with E-state index >= 15 is 0 Å². The normalized spacial score (nSPS) is 14.6. The number of carbonyl (C=O) groups excluding carboxylic acids is 1. The number of carbonyl (C=O) groups is 1. The number of halogens is 1. The van der Waals surface area contributed by atoms with Gasteiger partial charge < -0.3 is 14.5 Å². The molecule has 0 unspecified atom stereocenters. The molecule has 1 aliphatic heterocycles. The first kappa shape index (κ1) is 16.8. The van der Waals surface area contributed by atoms with Crippen LogP contribution in [-0.4, -0.2) is 43.6 Å². The average molecular weight is 389 g/mol. The predicted molar refractivity (Wildman–Crippen MR) is 99.6 cm³/mol. The highest BCUT2D eigenvalue weighted by atomic mass is 79.9. The lowest BCUT2D eigenvalue weighted by Crippen LogP contribution is -2.50. The summed E-state index contributed by atoms with van der Waals surface area (Å²) in [6.45, 7) is 5.34. The Kier molecular flexibility index (Phi) is 5.41. The quantitative estimate of drug-likeness (QED) is 0.803. The molecule has 0 aromatic heterocycles. The van der Waals surface area contributed by atoms with Crippen LogP contribution in [0.3, 0.4) is 0 Å². The molecule has 1 saturated heterocycles. The van der Waals surface area contributed by atoms with Gasteiger partial charge >= 0.3 is 0 Å². The maximum Gasteiger partial charge on any atom is 0.260 e. The van der Waals surface area contributed by atoms with Crippen LogP contribution in [0, 0.1) is 6.92 Å². The molecular formula is C19H21BrN2O2. The van der Waals surface area contributed by atoms with Crippen molar-refractivity contribution in [3.05, 3.63) is 58.6 Å². The van der Waals surface area contributed by atoms with E-state index in [0.29, 0.717) is 5.75 Å². The minimum Gasteiger partial charge on any atom is -0.483 e. The number of hydrogen-bond acceptors (Lipinski definition) is 3. The summed E-state index contributed by atoms with van der Waals surface area (Å²) in [6.07, 6.45) is 0. The molecule has 1 aliphatic rings. The van der Waals surface area contributed by atoms with E-state index in [-0.39, 0.29) is 12.5 Å². The number of rotatable bonds is 4. The van der Waals surface area contributed by atoms with E-state index in [9.17, 15) is 4.79 Å². The second-order valence-electron chi connectivity index (χ2n) is 5.93. The highest BCUT2D eigenvalue weighted by Crippen LogP contribution is 2.24. The molecule has 0 N–H and O–H groups in total. The van der Waals surface area contributed by atoms with Gasteiger partial charge in [-0.15, -0.1) is 0 Å². The summed E-state index contributed by atoms with van der Waals surface area (Å²) in [4.78, 5) is 16.6. The van der Waals surface area contributed by atoms with E-state index in [2.05, 4.69) is 52.0 Å². The van der Waals surface area contributed by atoms with Crippen molar-refractivity contribution in [3.8, 4) is 5.75 Å². The molecule has 1 amide bonds. The number of anilines is 1. The van der Waals surface area contributed by atoms with Gasteiger partial charge in [-0.3, -0.25) is 4.79 Å². The summed E-state index contributed by atoms with van der Waals surface area (Å²) < 4.78 is 6.49. The van der Waals surface area contributed by atoms with Crippen molar-refractivity contribution in [3.63, 3.8) is 0 Å². The van der Waals surface area contributed by atoms with Crippen LogP contribution < -0.4 is 9.64 Å². The zero-order valence-corrected chi connectivity index (χ0v) is 15.3. The fraction of sp³-hybridized carbons (Fsp3) is 0.316. The standard InChI is InChI=1S/C19H21BrN2O2/c1-15-5-4-6-16(13-15)21-9-11-22(12-10-21)19(23)14-24-18-8-3-2-7-17(18)20/h2-8,13H,9-12,14H2,1H3. The van der Waals surface area contributed by atoms with Crippen molar-refractivity contribution >= 4 is 27.5 Å². The Hall–Kier alpha value is -2.01. The molecule has 5 heteroatoms. The van der Waals surface area contributed by atoms with Crippen LogP contribution in [0.4, 0.5) is 5.69 Å². The Morgan fingerprint density at radius 1 is 1.08 bits per heavy atom. The van der Waals surface area contributed by atoms with Crippen LogP contribution in [-0.2, 0) is 4.79 Å². The molecule has 1 fully saturated rings. The Labute approximate surface area is 151 Å². The van der Waals surface area contributed by atoms with Crippen molar-refractivity contribution in [2.75, 3.05) is 37.7 Å². The highest BCUT2D eigenvalue weighted by Gasteiger charge is 2.21. The van der Waals surface area contributed by atoms with Crippen molar-refractivity contribution in [1.29, 1.82) is 0 Å². The smallest absolute Gasteiger partial charge is 0.260 e. The molecule has 2 aromatic carbocycles. The van der Waals surface area contributed by atoms with Crippen molar-refractivity contribution in [1.82, 2.24) is 4.90 Å². The van der Waals surface area contributed by atoms with Gasteiger partial charge in [-0.25, -0.2) is 0 Å². The number of para-hydroxylation sites is 1. The summed E-state index contributed by atoms with van der Waals surface area (Å²) in [5.74, 6) is 0.735. The molecule has 24 heavy (non-hydrogen) atoms. The Morgan fingerprint density at radius 3 is 2.54 bits per heavy atom. The van der Waals surface area contributed by atoms with Crippen molar-refractivity contribution in [2.24, 2.45) is 0 Å². The third-order valence-corrected chi connectivity index (χ3v) is 4.84. The van der Waals surface area contributed by atoms with Crippen LogP contribution in [0.2, 0.25) is 0 Å². The molecule has 4 nitrogen and oxygen atoms in total. The maximum absolute atomic E-state index is 12.3. The van der Waals surface area contributed by atoms with Gasteiger partial charge in [0.1, 0.15) is 5.75 Å². The molecule has 2 aromatic rings. The number of piperazine rings is 1. The minimum atomic E-state index is 0.0367. The van der Waals surface area contributed by atoms with E-state index < -0.39 is 0 Å². The zero-order chi connectivity index (χ0) is 16.9. The van der Waals surface area contributed by atoms with Crippen molar-refractivity contribution in [2.45, 2.75) is 6.92 Å². The van der Waals surface area contributed by atoms with Gasteiger partial charge in [0, 0.05) is 31.9 Å². The highest BCUT2D eigenvalue weighted by molar-refractivity contribution is 9.10. The average Bonchev–Trinajstić information content (AvgIpc) is 2.61. The van der Waals surface area contributed by atoms with Crippen LogP contribution in [0.15, 0.2) is 53.0 Å². The van der Waals surface area contributed by atoms with Crippen LogP contribution in [0.5, 0.6) is 5.75 Å². The van der Waals surface area contributed by atoms with Crippen LogP contribution in [0.1, 0.15) is 5.56 Å². The van der Waals surface area contributed by atoms with Gasteiger partial charge in [-0.2, -0.15) is 0 Å². The lowest BCUT2D eigenvalue weighted by Gasteiger charge is -2.36. The predicted octanol–water partition coefficient (Wildman–Crippen LogP) is 3.49. The molecule has 0 bridgehead atoms. The topological polar surface area (TPSA) is 32.8 Å². The Morgan fingerprint density at radius 2 is 1.83 bits per heavy atom. The van der Waals surface area contributed by atoms with Gasteiger partial charge in [-0.1, -0.05) is 24.3 Å². The van der Waals surface area contributed by atoms with Crippen LogP contribution >= 0.6 is 15.9 Å². The maximum atomic E-state index is 12.3. The minimum absolute atomic E-state index is 0.0367. The number of nitrogens with zero attached hydrogens (tertiary/aromatic N) is 2. The first-order valence-electron chi connectivity index (χ1n) is 8.10. The lowest BCUT2D eigenvalue weighted by atomic mass is 10.2. The SMILES string of the molecule is Cc1cccc(N2CCN(C(=O)COc3ccccc3Br)CC2)c1. The van der Waals surface area contributed by atoms with Crippen molar-refractivity contribution < 1.29 is 9.53 Å². The summed E-state index contributed by atoms with van der Waals surface area (Å²) in [5.41, 5.74) is 2.49. The largest absolute Gasteiger partial charge is 0.483 e. The number of amides is 1. The number of aryl methyl sites for hydroxylation is 1. The third kappa shape index (κ3) is 4.09. The molecule has 0 radical (unpaired) electrons. The summed E-state index contributed by atoms with van der Waals surface area (Å²) in [5, 5.41) is 0. The molecular weight excluding hydrogens is 368 g/mol. The van der Waals surface area contributed by atoms with E-state index in [1.165, 1.54) is 11.3 Å². The monoisotopic (exact) mass is 388 g/mol. The summed E-state index contributed by atoms with van der Waals surface area (Å²) in [6, 6.07) is 16.1. The molecule has 3 rings (SSSR count). The van der Waals surface area contributed by atoms with Gasteiger partial charge in [0.15, 0.2) is 6.61 Å². The Bertz CT molecular complexity index is 712. The second kappa shape index (κ2) is 7.71. The number of ether oxygens (including phenoxy) is 1. The lowest BCUT2D eigenvalue weighted by molar-refractivity contribution is -0.133. The van der Waals surface area contributed by atoms with E-state index in [1.807, 2.05) is 29.2 Å². The molecule has 0 atom stereocenters. The second-order valence-corrected chi connectivity index (χ2v) is 6.78. The first-order chi connectivity index (χ1) is 11.6. The Balaban J connectivity index is 1.51. The molecule has 1 heterocycles. The zero-order valence-electron chi connectivity index (χ0n) is 13.7. The fourth-order valence-corrected chi connectivity index (χ4v) is 3.23. The molecule has 0 spiro atoms. The fourth-order valence-electron chi connectivity index (χ4n) is 2.83. The van der Waals surface area contributed by atoms with Gasteiger partial charge in [0.2, 0.25) is 0 Å². The van der Waals surface area contributed by atoms with Gasteiger partial charge in [0.05, 0.1) is 4.47 Å². The molecule has 0 aliphatic carbocycles. The van der Waals surface area contributed by atoms with Crippen LogP contribution in [0.25, 0.3) is 0 Å². The third-order valence-electron chi connectivity index (χ3n) is 4.19. The first-order valence-corrected chi connectivity index (χ1v) is 8.89.